The van der Waals surface area contributed by atoms with Crippen LogP contribution in [0, 0.1) is 5.41 Å². The lowest BCUT2D eigenvalue weighted by molar-refractivity contribution is 0.394. The van der Waals surface area contributed by atoms with Crippen LogP contribution in [0.15, 0.2) is 104 Å². The number of nitrogen functional groups attached to an aromatic ring is 2. The number of aromatic nitrogens is 12. The molecule has 21 nitrogen and oxygen atoms in total. The molecule has 386 valence electrons. The van der Waals surface area contributed by atoms with Gasteiger partial charge in [-0.15, -0.1) is 0 Å². The van der Waals surface area contributed by atoms with E-state index in [1.54, 1.807) is 49.0 Å². The summed E-state index contributed by atoms with van der Waals surface area (Å²) in [5, 5.41) is 13.7. The van der Waals surface area contributed by atoms with Crippen LogP contribution in [0.25, 0.3) is 33.5 Å². The number of anilines is 2. The van der Waals surface area contributed by atoms with E-state index in [9.17, 15) is 0 Å². The van der Waals surface area contributed by atoms with Crippen molar-refractivity contribution in [1.29, 1.82) is 5.41 Å². The van der Waals surface area contributed by atoms with Crippen molar-refractivity contribution < 1.29 is 28.4 Å². The lowest BCUT2D eigenvalue weighted by atomic mass is 10.3. The van der Waals surface area contributed by atoms with Crippen LogP contribution in [0.3, 0.4) is 0 Å². The molecule has 7 N–H and O–H groups in total. The maximum Gasteiger partial charge on any atom is 0.183 e. The van der Waals surface area contributed by atoms with Gasteiger partial charge in [0, 0.05) is 34.4 Å². The molecule has 0 aliphatic heterocycles. The molecular formula is C45H49Br4N15O6S3. The minimum atomic E-state index is 0.174. The van der Waals surface area contributed by atoms with Crippen LogP contribution in [0.5, 0.6) is 34.5 Å². The van der Waals surface area contributed by atoms with Gasteiger partial charge in [-0.2, -0.15) is 0 Å². The molecule has 0 aliphatic rings. The second kappa shape index (κ2) is 28.2. The smallest absolute Gasteiger partial charge is 0.183 e. The molecule has 0 fully saturated rings. The van der Waals surface area contributed by atoms with Gasteiger partial charge in [-0.1, -0.05) is 63.7 Å². The summed E-state index contributed by atoms with van der Waals surface area (Å²) in [7, 11) is 9.75. The third-order valence-corrected chi connectivity index (χ3v) is 15.2. The highest BCUT2D eigenvalue weighted by Crippen LogP contribution is 2.40. The van der Waals surface area contributed by atoms with Gasteiger partial charge < -0.3 is 59.0 Å². The van der Waals surface area contributed by atoms with Gasteiger partial charge in [0.05, 0.1) is 63.7 Å². The first-order chi connectivity index (χ1) is 35.4. The topological polar surface area (TPSA) is 276 Å². The molecule has 3 aromatic carbocycles. The fourth-order valence-corrected chi connectivity index (χ4v) is 9.96. The zero-order valence-electron chi connectivity index (χ0n) is 40.0. The third-order valence-electron chi connectivity index (χ3n) is 9.75. The van der Waals surface area contributed by atoms with E-state index in [0.717, 1.165) is 82.2 Å². The predicted octanol–water partition coefficient (Wildman–Crippen LogP) is 9.65. The molecule has 0 saturated heterocycles. The van der Waals surface area contributed by atoms with E-state index in [1.165, 1.54) is 47.9 Å². The first-order valence-electron chi connectivity index (χ1n) is 21.3. The fourth-order valence-electron chi connectivity index (χ4n) is 6.33. The normalized spacial score (nSPS) is 10.7. The zero-order valence-corrected chi connectivity index (χ0v) is 48.8. The molecule has 6 aromatic heterocycles. The summed E-state index contributed by atoms with van der Waals surface area (Å²) in [6.07, 6.45) is 4.47. The lowest BCUT2D eigenvalue weighted by Crippen LogP contribution is -2.13. The Balaban J connectivity index is 0.000000172. The highest BCUT2D eigenvalue weighted by molar-refractivity contribution is 9.12. The largest absolute Gasteiger partial charge is 0.497 e. The van der Waals surface area contributed by atoms with Gasteiger partial charge in [-0.05, 0) is 89.9 Å². The summed E-state index contributed by atoms with van der Waals surface area (Å²) in [4.78, 5) is 43.0. The SMILES string of the molecule is BrCCBr.COc1ccc(OC)c(Sc2nc3c(N)ncnc3n2CCBr)c1.COc1ccc(OC)c(Sc2nc3c([nH]2)c(=N)ncn3CCBr)c1.COc1ccc(OC)c(Sc2nc3ncnc(N)c3[nH]2)c1. The number of nitrogens with zero attached hydrogens (tertiary/aromatic N) is 10. The van der Waals surface area contributed by atoms with Crippen LogP contribution >= 0.6 is 99.0 Å². The number of methoxy groups -OCH3 is 6. The average molecular weight is 1310 g/mol. The number of nitrogens with two attached hydrogens (primary N) is 2. The van der Waals surface area contributed by atoms with Crippen LogP contribution in [-0.2, 0) is 13.1 Å². The summed E-state index contributed by atoms with van der Waals surface area (Å²) in [5.74, 6) is 5.20. The van der Waals surface area contributed by atoms with Crippen molar-refractivity contribution in [2.45, 2.75) is 43.2 Å². The van der Waals surface area contributed by atoms with Crippen LogP contribution < -0.4 is 45.4 Å². The molecule has 0 atom stereocenters. The van der Waals surface area contributed by atoms with Crippen LogP contribution in [-0.4, -0.2) is 123 Å². The predicted molar refractivity (Wildman–Crippen MR) is 300 cm³/mol. The van der Waals surface area contributed by atoms with E-state index in [1.807, 2.05) is 63.7 Å². The number of H-pyrrole nitrogens is 2. The van der Waals surface area contributed by atoms with Crippen molar-refractivity contribution in [1.82, 2.24) is 59.0 Å². The summed E-state index contributed by atoms with van der Waals surface area (Å²) >= 11 is 17.6. The van der Waals surface area contributed by atoms with Crippen LogP contribution in [0.4, 0.5) is 11.6 Å². The monoisotopic (exact) mass is 1310 g/mol. The quantitative estimate of drug-likeness (QED) is 0.0531. The molecule has 0 saturated carbocycles. The van der Waals surface area contributed by atoms with Crippen LogP contribution in [0.1, 0.15) is 0 Å². The Hall–Kier alpha value is -5.52. The van der Waals surface area contributed by atoms with Gasteiger partial charge in [0.15, 0.2) is 55.1 Å². The molecule has 0 bridgehead atoms. The molecule has 73 heavy (non-hydrogen) atoms. The van der Waals surface area contributed by atoms with Crippen molar-refractivity contribution in [2.75, 3.05) is 75.4 Å². The lowest BCUT2D eigenvalue weighted by Gasteiger charge is -2.11. The van der Waals surface area contributed by atoms with E-state index in [-0.39, 0.29) is 5.49 Å². The number of imidazole rings is 3. The van der Waals surface area contributed by atoms with Gasteiger partial charge in [0.25, 0.3) is 0 Å². The van der Waals surface area contributed by atoms with E-state index >= 15 is 0 Å². The van der Waals surface area contributed by atoms with Gasteiger partial charge in [0.1, 0.15) is 58.2 Å². The highest BCUT2D eigenvalue weighted by Gasteiger charge is 2.19. The Morgan fingerprint density at radius 3 is 1.56 bits per heavy atom. The maximum atomic E-state index is 7.97. The Morgan fingerprint density at radius 2 is 1.05 bits per heavy atom. The Bertz CT molecular complexity index is 3310. The number of fused-ring (bicyclic) bond motifs is 3. The van der Waals surface area contributed by atoms with Gasteiger partial charge in [-0.3, -0.25) is 5.41 Å². The molecule has 0 aliphatic carbocycles. The fraction of sp³-hybridized carbons (Fsp3) is 0.267. The summed E-state index contributed by atoms with van der Waals surface area (Å²) in [6.45, 7) is 1.43. The van der Waals surface area contributed by atoms with Crippen molar-refractivity contribution in [3.05, 3.63) is 79.1 Å². The number of hydrogen-bond donors (Lipinski definition) is 5. The number of aromatic amines is 2. The Morgan fingerprint density at radius 1 is 0.548 bits per heavy atom. The second-order valence-corrected chi connectivity index (χ2v) is 20.4. The molecule has 6 heterocycles. The van der Waals surface area contributed by atoms with E-state index in [2.05, 4.69) is 114 Å². The number of benzene rings is 3. The summed E-state index contributed by atoms with van der Waals surface area (Å²) in [5.41, 5.74) is 15.7. The first-order valence-corrected chi connectivity index (χ1v) is 28.3. The summed E-state index contributed by atoms with van der Waals surface area (Å²) < 4.78 is 35.9. The number of aryl methyl sites for hydroxylation is 2. The molecule has 9 rings (SSSR count). The standard InChI is InChI=1S/2C15H16BrN5O2S.C13H13N5O2S.C2H4Br2/c1-22-9-3-4-10(23-2)11(7-9)24-15-19-12-13(17)18-8-21(6-5-16)14(12)20-15;1-22-9-3-4-10(23-2)11(7-9)24-15-20-12-13(17)18-8-19-14(12)21(15)6-5-16;1-19-7-3-4-8(20-2)9(5-7)21-13-17-10-11(14)15-6-16-12(10)18-13;3-1-2-4/h3-4,7-8,17H,5-6H2,1-2H3,(H,19,20);3-4,7-8H,5-6H2,1-2H3,(H2,17,18,19);3-6H,1-2H3,(H3,14,15,16,17,18);1-2H2. The number of rotatable bonds is 17. The van der Waals surface area contributed by atoms with Crippen molar-refractivity contribution in [2.24, 2.45) is 0 Å². The van der Waals surface area contributed by atoms with Gasteiger partial charge in [0.2, 0.25) is 0 Å². The molecule has 0 spiro atoms. The maximum absolute atomic E-state index is 7.97. The highest BCUT2D eigenvalue weighted by atomic mass is 79.9. The number of halogens is 4. The first kappa shape index (κ1) is 56.8. The second-order valence-electron chi connectivity index (χ2n) is 14.1. The van der Waals surface area contributed by atoms with Crippen molar-refractivity contribution in [3.8, 4) is 34.5 Å². The Labute approximate surface area is 465 Å². The number of nitrogens with one attached hydrogen (secondary N) is 3. The molecule has 0 unspecified atom stereocenters. The minimum absolute atomic E-state index is 0.174. The van der Waals surface area contributed by atoms with Gasteiger partial charge in [-0.25, -0.2) is 39.9 Å². The zero-order chi connectivity index (χ0) is 52.4. The number of hydrogen-bond acceptors (Lipinski definition) is 20. The van der Waals surface area contributed by atoms with Crippen LogP contribution in [0.2, 0.25) is 0 Å². The Kier molecular flexibility index (Phi) is 22.0. The van der Waals surface area contributed by atoms with E-state index < -0.39 is 0 Å². The number of ether oxygens (including phenoxy) is 6. The van der Waals surface area contributed by atoms with E-state index in [4.69, 9.17) is 45.3 Å². The summed E-state index contributed by atoms with van der Waals surface area (Å²) in [6, 6.07) is 16.8. The van der Waals surface area contributed by atoms with Gasteiger partial charge >= 0.3 is 0 Å². The molecule has 9 aromatic rings. The van der Waals surface area contributed by atoms with Crippen molar-refractivity contribution >= 4 is 144 Å². The number of alkyl halides is 4. The van der Waals surface area contributed by atoms with Crippen molar-refractivity contribution in [3.63, 3.8) is 0 Å². The molecule has 0 amide bonds. The van der Waals surface area contributed by atoms with E-state index in [0.29, 0.717) is 62.0 Å². The molecular weight excluding hydrogens is 1260 g/mol. The third kappa shape index (κ3) is 14.6. The molecule has 0 radical (unpaired) electrons. The average Bonchev–Trinajstić information content (AvgIpc) is 4.14. The molecule has 28 heteroatoms. The minimum Gasteiger partial charge on any atom is -0.497 e.